The van der Waals surface area contributed by atoms with Crippen molar-refractivity contribution in [2.45, 2.75) is 38.3 Å². The summed E-state index contributed by atoms with van der Waals surface area (Å²) in [5, 5.41) is 12.0. The molecule has 2 N–H and O–H groups in total. The highest BCUT2D eigenvalue weighted by molar-refractivity contribution is 5.90. The molecule has 0 spiro atoms. The first kappa shape index (κ1) is 29.3. The van der Waals surface area contributed by atoms with Crippen molar-refractivity contribution in [2.24, 2.45) is 0 Å². The van der Waals surface area contributed by atoms with E-state index in [1.165, 1.54) is 5.56 Å². The van der Waals surface area contributed by atoms with E-state index in [0.717, 1.165) is 103 Å². The van der Waals surface area contributed by atoms with Gasteiger partial charge in [0.1, 0.15) is 11.5 Å². The zero-order valence-electron chi connectivity index (χ0n) is 26.5. The third kappa shape index (κ3) is 6.34. The second kappa shape index (κ2) is 13.0. The Morgan fingerprint density at radius 3 is 2.45 bits per heavy atom. The van der Waals surface area contributed by atoms with Crippen LogP contribution in [0.2, 0.25) is 0 Å². The summed E-state index contributed by atoms with van der Waals surface area (Å²) >= 11 is 0. The van der Waals surface area contributed by atoms with E-state index >= 15 is 0 Å². The number of fused-ring (bicyclic) bond motifs is 1. The van der Waals surface area contributed by atoms with Gasteiger partial charge in [0.2, 0.25) is 5.95 Å². The van der Waals surface area contributed by atoms with Gasteiger partial charge in [-0.25, -0.2) is 15.0 Å². The minimum Gasteiger partial charge on any atom is -0.338 e. The number of likely N-dealkylation sites (tertiary alicyclic amines) is 1. The maximum absolute atomic E-state index is 5.18. The minimum absolute atomic E-state index is 0.383. The van der Waals surface area contributed by atoms with Gasteiger partial charge in [0, 0.05) is 67.0 Å². The van der Waals surface area contributed by atoms with Gasteiger partial charge in [-0.05, 0) is 62.2 Å². The van der Waals surface area contributed by atoms with Crippen LogP contribution in [0.1, 0.15) is 37.1 Å². The molecule has 0 aliphatic carbocycles. The molecule has 10 nitrogen and oxygen atoms in total. The molecule has 0 unspecified atom stereocenters. The van der Waals surface area contributed by atoms with Crippen molar-refractivity contribution in [1.29, 1.82) is 0 Å². The van der Waals surface area contributed by atoms with Crippen molar-refractivity contribution in [1.82, 2.24) is 45.3 Å². The first-order valence-corrected chi connectivity index (χ1v) is 16.5. The van der Waals surface area contributed by atoms with Crippen molar-refractivity contribution in [3.8, 4) is 33.9 Å². The largest absolute Gasteiger partial charge is 0.338 e. The molecule has 0 bridgehead atoms. The Hall–Kier alpha value is -5.06. The van der Waals surface area contributed by atoms with Gasteiger partial charge in [-0.2, -0.15) is 10.1 Å². The SMILES string of the molecule is C[C@H]1CN(c2ncc3cc(-c4ccccc4)c(-c4ccc(CN5CCC(c6nc(-c7ccccn7)n[nH]6)CC5)cc4)nc3n2)CCN1. The Balaban J connectivity index is 0.995. The van der Waals surface area contributed by atoms with Crippen LogP contribution in [0.5, 0.6) is 0 Å². The zero-order valence-corrected chi connectivity index (χ0v) is 26.5. The number of pyridine rings is 2. The molecule has 0 amide bonds. The highest BCUT2D eigenvalue weighted by atomic mass is 15.3. The summed E-state index contributed by atoms with van der Waals surface area (Å²) in [5.41, 5.74) is 7.05. The lowest BCUT2D eigenvalue weighted by Crippen LogP contribution is -2.49. The molecule has 2 aliphatic rings. The number of rotatable bonds is 7. The number of aromatic amines is 1. The number of aromatic nitrogens is 7. The van der Waals surface area contributed by atoms with Crippen LogP contribution < -0.4 is 10.2 Å². The van der Waals surface area contributed by atoms with Gasteiger partial charge in [-0.3, -0.25) is 15.0 Å². The fourth-order valence-electron chi connectivity index (χ4n) is 6.74. The average molecular weight is 623 g/mol. The summed E-state index contributed by atoms with van der Waals surface area (Å²) in [6.45, 7) is 7.84. The van der Waals surface area contributed by atoms with Crippen LogP contribution in [-0.4, -0.2) is 78.8 Å². The van der Waals surface area contributed by atoms with Crippen molar-refractivity contribution in [2.75, 3.05) is 37.6 Å². The maximum Gasteiger partial charge on any atom is 0.227 e. The Labute approximate surface area is 274 Å². The van der Waals surface area contributed by atoms with E-state index in [0.29, 0.717) is 17.8 Å². The normalized spacial score (nSPS) is 17.7. The fourth-order valence-corrected chi connectivity index (χ4v) is 6.74. The second-order valence-electron chi connectivity index (χ2n) is 12.6. The third-order valence-corrected chi connectivity index (χ3v) is 9.30. The third-order valence-electron chi connectivity index (χ3n) is 9.30. The summed E-state index contributed by atoms with van der Waals surface area (Å²) in [7, 11) is 0. The molecule has 2 aromatic carbocycles. The Kier molecular flexibility index (Phi) is 8.10. The van der Waals surface area contributed by atoms with Crippen LogP contribution in [0.3, 0.4) is 0 Å². The van der Waals surface area contributed by atoms with Crippen LogP contribution >= 0.6 is 0 Å². The Bertz CT molecular complexity index is 1950. The summed E-state index contributed by atoms with van der Waals surface area (Å²) in [6, 6.07) is 27.8. The molecule has 0 saturated carbocycles. The van der Waals surface area contributed by atoms with E-state index in [-0.39, 0.29) is 0 Å². The van der Waals surface area contributed by atoms with Crippen molar-refractivity contribution < 1.29 is 0 Å². The summed E-state index contributed by atoms with van der Waals surface area (Å²) < 4.78 is 0. The molecule has 0 radical (unpaired) electrons. The fraction of sp³-hybridized carbons (Fsp3) is 0.297. The van der Waals surface area contributed by atoms with Gasteiger partial charge < -0.3 is 10.2 Å². The lowest BCUT2D eigenvalue weighted by Gasteiger charge is -2.31. The zero-order chi connectivity index (χ0) is 31.6. The topological polar surface area (TPSA) is 112 Å². The van der Waals surface area contributed by atoms with Gasteiger partial charge in [0.05, 0.1) is 5.69 Å². The highest BCUT2D eigenvalue weighted by Gasteiger charge is 2.24. The molecule has 2 fully saturated rings. The van der Waals surface area contributed by atoms with Crippen LogP contribution in [0.4, 0.5) is 5.95 Å². The molecule has 1 atom stereocenters. The number of piperidine rings is 1. The molecular formula is C37H38N10. The predicted molar refractivity (Wildman–Crippen MR) is 185 cm³/mol. The summed E-state index contributed by atoms with van der Waals surface area (Å²) in [4.78, 5) is 28.8. The van der Waals surface area contributed by atoms with Gasteiger partial charge in [0.15, 0.2) is 11.5 Å². The minimum atomic E-state index is 0.383. The van der Waals surface area contributed by atoms with E-state index in [1.807, 2.05) is 30.5 Å². The number of H-pyrrole nitrogens is 1. The summed E-state index contributed by atoms with van der Waals surface area (Å²) in [5.74, 6) is 2.76. The smallest absolute Gasteiger partial charge is 0.227 e. The molecule has 2 aliphatic heterocycles. The maximum atomic E-state index is 5.18. The van der Waals surface area contributed by atoms with Crippen LogP contribution in [0.25, 0.3) is 44.9 Å². The van der Waals surface area contributed by atoms with Crippen molar-refractivity contribution in [3.63, 3.8) is 0 Å². The number of hydrogen-bond donors (Lipinski definition) is 2. The van der Waals surface area contributed by atoms with Gasteiger partial charge in [-0.1, -0.05) is 60.7 Å². The molecule has 10 heteroatoms. The van der Waals surface area contributed by atoms with Gasteiger partial charge in [-0.15, -0.1) is 0 Å². The average Bonchev–Trinajstić information content (AvgIpc) is 3.63. The van der Waals surface area contributed by atoms with Crippen LogP contribution in [0, 0.1) is 0 Å². The molecule has 2 saturated heterocycles. The molecular weight excluding hydrogens is 584 g/mol. The molecule has 6 aromatic rings. The molecule has 8 rings (SSSR count). The number of nitrogens with zero attached hydrogens (tertiary/aromatic N) is 8. The first-order chi connectivity index (χ1) is 23.2. The van der Waals surface area contributed by atoms with E-state index in [4.69, 9.17) is 19.9 Å². The lowest BCUT2D eigenvalue weighted by atomic mass is 9.95. The molecule has 236 valence electrons. The van der Waals surface area contributed by atoms with E-state index in [9.17, 15) is 0 Å². The van der Waals surface area contributed by atoms with Crippen LogP contribution in [0.15, 0.2) is 91.3 Å². The Morgan fingerprint density at radius 2 is 1.66 bits per heavy atom. The van der Waals surface area contributed by atoms with E-state index < -0.39 is 0 Å². The molecule has 4 aromatic heterocycles. The lowest BCUT2D eigenvalue weighted by molar-refractivity contribution is 0.202. The molecule has 47 heavy (non-hydrogen) atoms. The Morgan fingerprint density at radius 1 is 0.830 bits per heavy atom. The number of anilines is 1. The number of nitrogens with one attached hydrogen (secondary N) is 2. The molecule has 6 heterocycles. The number of benzene rings is 2. The predicted octanol–water partition coefficient (Wildman–Crippen LogP) is 5.72. The van der Waals surface area contributed by atoms with Crippen molar-refractivity contribution in [3.05, 3.63) is 103 Å². The monoisotopic (exact) mass is 622 g/mol. The number of piperazine rings is 1. The van der Waals surface area contributed by atoms with Crippen molar-refractivity contribution >= 4 is 17.0 Å². The van der Waals surface area contributed by atoms with Gasteiger partial charge in [0.25, 0.3) is 0 Å². The second-order valence-corrected chi connectivity index (χ2v) is 12.6. The first-order valence-electron chi connectivity index (χ1n) is 16.5. The van der Waals surface area contributed by atoms with Gasteiger partial charge >= 0.3 is 0 Å². The van der Waals surface area contributed by atoms with Crippen LogP contribution in [-0.2, 0) is 6.54 Å². The summed E-state index contributed by atoms with van der Waals surface area (Å²) in [6.07, 6.45) is 5.79. The number of hydrogen-bond acceptors (Lipinski definition) is 9. The highest BCUT2D eigenvalue weighted by Crippen LogP contribution is 2.34. The quantitative estimate of drug-likeness (QED) is 0.231. The standard InChI is InChI=1S/C37H38N10/c1-25-23-47(20-17-38-25)37-40-22-30-21-31(27-7-3-2-4-8-27)33(41-34(30)43-37)28-12-10-26(11-13-28)24-46-18-14-29(15-19-46)35-42-36(45-44-35)32-9-5-6-16-39-32/h2-13,16,21-22,25,29,38H,14-15,17-20,23-24H2,1H3,(H,42,44,45)/t25-/m0/s1. The van der Waals surface area contributed by atoms with E-state index in [1.54, 1.807) is 6.20 Å². The van der Waals surface area contributed by atoms with E-state index in [2.05, 4.69) is 91.8 Å².